The van der Waals surface area contributed by atoms with E-state index in [2.05, 4.69) is 4.98 Å². The maximum absolute atomic E-state index is 6.00. The Kier molecular flexibility index (Phi) is 3.56. The summed E-state index contributed by atoms with van der Waals surface area (Å²) in [5.74, 6) is 1.03. The fourth-order valence-corrected chi connectivity index (χ4v) is 1.65. The van der Waals surface area contributed by atoms with E-state index in [1.807, 2.05) is 12.1 Å². The molecule has 86 valence electrons. The van der Waals surface area contributed by atoms with Crippen molar-refractivity contribution in [2.45, 2.75) is 0 Å². The Balaban J connectivity index is 2.37. The van der Waals surface area contributed by atoms with Crippen LogP contribution in [0.3, 0.4) is 0 Å². The molecular formula is C12H9ClN2OS. The maximum atomic E-state index is 6.00. The molecule has 0 bridgehead atoms. The maximum Gasteiger partial charge on any atom is 0.155 e. The first-order valence-corrected chi connectivity index (χ1v) is 5.63. The van der Waals surface area contributed by atoms with Gasteiger partial charge in [-0.25, -0.2) is 0 Å². The van der Waals surface area contributed by atoms with Crippen molar-refractivity contribution in [3.8, 4) is 11.5 Å². The van der Waals surface area contributed by atoms with Crippen LogP contribution >= 0.6 is 23.8 Å². The molecule has 0 atom stereocenters. The minimum atomic E-state index is 0.259. The molecule has 0 radical (unpaired) electrons. The van der Waals surface area contributed by atoms with Crippen molar-refractivity contribution in [2.75, 3.05) is 0 Å². The summed E-state index contributed by atoms with van der Waals surface area (Å²) in [4.78, 5) is 4.23. The number of aromatic nitrogens is 1. The summed E-state index contributed by atoms with van der Waals surface area (Å²) in [6, 6.07) is 8.87. The van der Waals surface area contributed by atoms with Crippen LogP contribution in [-0.4, -0.2) is 9.97 Å². The second kappa shape index (κ2) is 5.12. The number of thiocarbonyl (C=S) groups is 1. The van der Waals surface area contributed by atoms with Crippen molar-refractivity contribution < 1.29 is 4.74 Å². The summed E-state index contributed by atoms with van der Waals surface area (Å²) in [6.07, 6.45) is 3.16. The van der Waals surface area contributed by atoms with E-state index in [-0.39, 0.29) is 4.99 Å². The van der Waals surface area contributed by atoms with E-state index in [4.69, 9.17) is 34.3 Å². The van der Waals surface area contributed by atoms with E-state index in [0.29, 0.717) is 22.1 Å². The van der Waals surface area contributed by atoms with Crippen LogP contribution in [-0.2, 0) is 0 Å². The Hall–Kier alpha value is -1.65. The normalized spacial score (nSPS) is 9.94. The van der Waals surface area contributed by atoms with Gasteiger partial charge in [-0.2, -0.15) is 0 Å². The largest absolute Gasteiger partial charge is 0.453 e. The molecule has 0 amide bonds. The summed E-state index contributed by atoms with van der Waals surface area (Å²) in [7, 11) is 0. The second-order valence-corrected chi connectivity index (χ2v) is 4.12. The molecule has 2 N–H and O–H groups in total. The Morgan fingerprint density at radius 3 is 2.71 bits per heavy atom. The van der Waals surface area contributed by atoms with Crippen molar-refractivity contribution >= 4 is 28.8 Å². The van der Waals surface area contributed by atoms with Crippen LogP contribution in [0, 0.1) is 0 Å². The highest BCUT2D eigenvalue weighted by atomic mass is 35.5. The number of rotatable bonds is 3. The van der Waals surface area contributed by atoms with Gasteiger partial charge in [0.2, 0.25) is 0 Å². The molecule has 5 heteroatoms. The van der Waals surface area contributed by atoms with Crippen LogP contribution in [0.1, 0.15) is 5.56 Å². The van der Waals surface area contributed by atoms with Gasteiger partial charge in [0.25, 0.3) is 0 Å². The van der Waals surface area contributed by atoms with Crippen molar-refractivity contribution in [1.82, 2.24) is 4.98 Å². The van der Waals surface area contributed by atoms with Crippen LogP contribution in [0.4, 0.5) is 0 Å². The van der Waals surface area contributed by atoms with Crippen LogP contribution < -0.4 is 10.5 Å². The number of benzene rings is 1. The van der Waals surface area contributed by atoms with Gasteiger partial charge in [-0.05, 0) is 18.2 Å². The molecule has 2 rings (SSSR count). The smallest absolute Gasteiger partial charge is 0.155 e. The van der Waals surface area contributed by atoms with E-state index >= 15 is 0 Å². The van der Waals surface area contributed by atoms with Crippen LogP contribution in [0.2, 0.25) is 5.02 Å². The Morgan fingerprint density at radius 2 is 2.00 bits per heavy atom. The number of ether oxygens (including phenoxy) is 1. The van der Waals surface area contributed by atoms with E-state index in [0.717, 1.165) is 0 Å². The van der Waals surface area contributed by atoms with Crippen LogP contribution in [0.15, 0.2) is 42.7 Å². The van der Waals surface area contributed by atoms with E-state index in [1.165, 1.54) is 0 Å². The first kappa shape index (κ1) is 11.8. The third-order valence-electron chi connectivity index (χ3n) is 2.11. The standard InChI is InChI=1S/C12H9ClN2OS/c13-9-3-1-2-4-10(9)16-11-7-15-6-5-8(11)12(14)17/h1-7H,(H2,14,17). The molecule has 0 aliphatic rings. The van der Waals surface area contributed by atoms with Gasteiger partial charge in [0.15, 0.2) is 5.75 Å². The van der Waals surface area contributed by atoms with Gasteiger partial charge in [-0.1, -0.05) is 36.0 Å². The molecule has 0 saturated heterocycles. The van der Waals surface area contributed by atoms with Crippen LogP contribution in [0.25, 0.3) is 0 Å². The SMILES string of the molecule is NC(=S)c1ccncc1Oc1ccccc1Cl. The monoisotopic (exact) mass is 264 g/mol. The zero-order valence-electron chi connectivity index (χ0n) is 8.76. The molecule has 2 aromatic rings. The number of nitrogens with two attached hydrogens (primary N) is 1. The molecule has 1 aromatic carbocycles. The number of hydrogen-bond acceptors (Lipinski definition) is 3. The predicted octanol–water partition coefficient (Wildman–Crippen LogP) is 3.16. The summed E-state index contributed by atoms with van der Waals surface area (Å²) in [5.41, 5.74) is 6.23. The number of para-hydroxylation sites is 1. The first-order chi connectivity index (χ1) is 8.18. The van der Waals surface area contributed by atoms with Crippen molar-refractivity contribution in [1.29, 1.82) is 0 Å². The topological polar surface area (TPSA) is 48.1 Å². The van der Waals surface area contributed by atoms with Crippen molar-refractivity contribution in [3.63, 3.8) is 0 Å². The molecule has 17 heavy (non-hydrogen) atoms. The number of pyridine rings is 1. The van der Waals surface area contributed by atoms with Gasteiger partial charge in [0, 0.05) is 6.20 Å². The average molecular weight is 265 g/mol. The van der Waals surface area contributed by atoms with Gasteiger partial charge in [-0.15, -0.1) is 0 Å². The summed E-state index contributed by atoms with van der Waals surface area (Å²) in [6.45, 7) is 0. The molecule has 0 aliphatic carbocycles. The first-order valence-electron chi connectivity index (χ1n) is 4.84. The molecule has 1 aromatic heterocycles. The lowest BCUT2D eigenvalue weighted by Gasteiger charge is -2.10. The molecule has 0 saturated carbocycles. The average Bonchev–Trinajstić information content (AvgIpc) is 2.32. The molecular weight excluding hydrogens is 256 g/mol. The lowest BCUT2D eigenvalue weighted by atomic mass is 10.2. The Bertz CT molecular complexity index is 560. The summed E-state index contributed by atoms with van der Waals surface area (Å²) < 4.78 is 5.64. The lowest BCUT2D eigenvalue weighted by Crippen LogP contribution is -2.10. The third kappa shape index (κ3) is 2.72. The molecule has 0 fully saturated rings. The Morgan fingerprint density at radius 1 is 1.24 bits per heavy atom. The minimum Gasteiger partial charge on any atom is -0.453 e. The molecule has 1 heterocycles. The molecule has 0 unspecified atom stereocenters. The fraction of sp³-hybridized carbons (Fsp3) is 0. The van der Waals surface area contributed by atoms with Crippen molar-refractivity contribution in [3.05, 3.63) is 53.3 Å². The van der Waals surface area contributed by atoms with Gasteiger partial charge in [-0.3, -0.25) is 4.98 Å². The zero-order valence-corrected chi connectivity index (χ0v) is 10.3. The number of nitrogens with zero attached hydrogens (tertiary/aromatic N) is 1. The minimum absolute atomic E-state index is 0.259. The summed E-state index contributed by atoms with van der Waals surface area (Å²) >= 11 is 10.9. The van der Waals surface area contributed by atoms with E-state index < -0.39 is 0 Å². The van der Waals surface area contributed by atoms with Gasteiger partial charge < -0.3 is 10.5 Å². The van der Waals surface area contributed by atoms with Crippen LogP contribution in [0.5, 0.6) is 11.5 Å². The van der Waals surface area contributed by atoms with Gasteiger partial charge in [0.1, 0.15) is 10.7 Å². The third-order valence-corrected chi connectivity index (χ3v) is 2.64. The predicted molar refractivity (Wildman–Crippen MR) is 71.7 cm³/mol. The fourth-order valence-electron chi connectivity index (χ4n) is 1.31. The van der Waals surface area contributed by atoms with E-state index in [1.54, 1.807) is 30.6 Å². The van der Waals surface area contributed by atoms with E-state index in [9.17, 15) is 0 Å². The second-order valence-electron chi connectivity index (χ2n) is 3.27. The molecule has 0 spiro atoms. The highest BCUT2D eigenvalue weighted by Gasteiger charge is 2.08. The lowest BCUT2D eigenvalue weighted by molar-refractivity contribution is 0.479. The van der Waals surface area contributed by atoms with Gasteiger partial charge in [0.05, 0.1) is 16.8 Å². The zero-order chi connectivity index (χ0) is 12.3. The Labute approximate surface area is 109 Å². The number of halogens is 1. The molecule has 3 nitrogen and oxygen atoms in total. The summed E-state index contributed by atoms with van der Waals surface area (Å²) in [5, 5.41) is 0.519. The highest BCUT2D eigenvalue weighted by Crippen LogP contribution is 2.30. The van der Waals surface area contributed by atoms with Crippen molar-refractivity contribution in [2.24, 2.45) is 5.73 Å². The quantitative estimate of drug-likeness (QED) is 0.865. The molecule has 0 aliphatic heterocycles. The number of hydrogen-bond donors (Lipinski definition) is 1. The highest BCUT2D eigenvalue weighted by molar-refractivity contribution is 7.80. The van der Waals surface area contributed by atoms with Gasteiger partial charge >= 0.3 is 0 Å².